The third-order valence-electron chi connectivity index (χ3n) is 6.92. The molecule has 8 nitrogen and oxygen atoms in total. The molecule has 1 saturated heterocycles. The topological polar surface area (TPSA) is 86.7 Å². The highest BCUT2D eigenvalue weighted by molar-refractivity contribution is 14.1. The first-order valence-corrected chi connectivity index (χ1v) is 12.7. The smallest absolute Gasteiger partial charge is 0.254 e. The lowest BCUT2D eigenvalue weighted by molar-refractivity contribution is -0.140. The van der Waals surface area contributed by atoms with Gasteiger partial charge in [0.25, 0.3) is 11.8 Å². The number of hydrogen-bond acceptors (Lipinski definition) is 7. The average molecular weight is 586 g/mol. The minimum absolute atomic E-state index is 0.161. The predicted molar refractivity (Wildman–Crippen MR) is 134 cm³/mol. The lowest BCUT2D eigenvalue weighted by atomic mass is 9.85. The maximum atomic E-state index is 12.9. The molecule has 2 aromatic carbocycles. The summed E-state index contributed by atoms with van der Waals surface area (Å²) in [6.07, 6.45) is 6.58. The minimum atomic E-state index is -0.263. The zero-order valence-electron chi connectivity index (χ0n) is 19.0. The van der Waals surface area contributed by atoms with Crippen molar-refractivity contribution in [3.05, 3.63) is 57.2 Å². The monoisotopic (exact) mass is 586 g/mol. The Balaban J connectivity index is 1.20. The zero-order chi connectivity index (χ0) is 24.1. The summed E-state index contributed by atoms with van der Waals surface area (Å²) in [4.78, 5) is 25.8. The van der Waals surface area contributed by atoms with Crippen molar-refractivity contribution < 1.29 is 28.5 Å². The highest BCUT2D eigenvalue weighted by Crippen LogP contribution is 2.52. The normalized spacial score (nSPS) is 25.7. The number of imide groups is 1. The Morgan fingerprint density at radius 3 is 2.54 bits per heavy atom. The van der Waals surface area contributed by atoms with Crippen LogP contribution >= 0.6 is 22.6 Å². The van der Waals surface area contributed by atoms with Gasteiger partial charge in [-0.2, -0.15) is 10.1 Å². The third-order valence-corrected chi connectivity index (χ3v) is 7.72. The van der Waals surface area contributed by atoms with Crippen molar-refractivity contribution >= 4 is 40.6 Å². The number of ether oxygens (including phenoxy) is 4. The largest absolute Gasteiger partial charge is 0.490 e. The first-order valence-electron chi connectivity index (χ1n) is 11.6. The van der Waals surface area contributed by atoms with E-state index in [2.05, 4.69) is 39.8 Å². The average Bonchev–Trinajstić information content (AvgIpc) is 3.62. The van der Waals surface area contributed by atoms with Crippen LogP contribution in [-0.4, -0.2) is 36.4 Å². The third kappa shape index (κ3) is 3.85. The lowest BCUT2D eigenvalue weighted by Gasteiger charge is -2.15. The summed E-state index contributed by atoms with van der Waals surface area (Å²) in [6.45, 7) is 2.91. The van der Waals surface area contributed by atoms with Crippen molar-refractivity contribution in [1.82, 2.24) is 5.01 Å². The van der Waals surface area contributed by atoms with Gasteiger partial charge in [-0.25, -0.2) is 0 Å². The van der Waals surface area contributed by atoms with Gasteiger partial charge in [0.2, 0.25) is 6.79 Å². The van der Waals surface area contributed by atoms with Crippen molar-refractivity contribution in [3.8, 4) is 23.0 Å². The SMILES string of the molecule is CCOc1cc(C=NN2C(=O)[C@@H]3[C@H](C2=O)[C@H]2C=C[C@H]3C2)cc(I)c1OCc1ccc2c(c1)OCO2. The molecule has 0 unspecified atom stereocenters. The second-order valence-corrected chi connectivity index (χ2v) is 10.1. The molecule has 0 radical (unpaired) electrons. The second-order valence-electron chi connectivity index (χ2n) is 8.97. The summed E-state index contributed by atoms with van der Waals surface area (Å²) < 4.78 is 23.6. The number of hydrazone groups is 1. The molecule has 6 rings (SSSR count). The van der Waals surface area contributed by atoms with Crippen LogP contribution in [0.3, 0.4) is 0 Å². The van der Waals surface area contributed by atoms with Gasteiger partial charge >= 0.3 is 0 Å². The van der Waals surface area contributed by atoms with E-state index < -0.39 is 0 Å². The zero-order valence-corrected chi connectivity index (χ0v) is 21.1. The summed E-state index contributed by atoms with van der Waals surface area (Å²) in [5, 5.41) is 5.34. The van der Waals surface area contributed by atoms with Gasteiger partial charge in [-0.05, 0) is 83.2 Å². The molecule has 2 amide bonds. The Kier molecular flexibility index (Phi) is 5.66. The summed E-state index contributed by atoms with van der Waals surface area (Å²) in [5.74, 6) is 2.02. The summed E-state index contributed by atoms with van der Waals surface area (Å²) in [5.41, 5.74) is 1.66. The van der Waals surface area contributed by atoms with Crippen LogP contribution in [0.1, 0.15) is 24.5 Å². The molecule has 2 aromatic rings. The number of amides is 2. The molecule has 9 heteroatoms. The molecular weight excluding hydrogens is 563 g/mol. The summed E-state index contributed by atoms with van der Waals surface area (Å²) in [7, 11) is 0. The molecule has 35 heavy (non-hydrogen) atoms. The molecule has 2 bridgehead atoms. The van der Waals surface area contributed by atoms with Crippen LogP contribution in [0.5, 0.6) is 23.0 Å². The number of benzene rings is 2. The maximum Gasteiger partial charge on any atom is 0.254 e. The fourth-order valence-electron chi connectivity index (χ4n) is 5.38. The molecule has 2 aliphatic heterocycles. The van der Waals surface area contributed by atoms with Gasteiger partial charge in [-0.3, -0.25) is 9.59 Å². The number of halogens is 1. The quantitative estimate of drug-likeness (QED) is 0.210. The molecular formula is C26H23IN2O6. The van der Waals surface area contributed by atoms with E-state index >= 15 is 0 Å². The van der Waals surface area contributed by atoms with Gasteiger partial charge in [0.05, 0.1) is 28.2 Å². The van der Waals surface area contributed by atoms with E-state index in [1.807, 2.05) is 31.2 Å². The van der Waals surface area contributed by atoms with Crippen LogP contribution in [0, 0.1) is 27.2 Å². The molecule has 1 saturated carbocycles. The molecule has 2 aliphatic carbocycles. The lowest BCUT2D eigenvalue weighted by Crippen LogP contribution is -2.28. The maximum absolute atomic E-state index is 12.9. The van der Waals surface area contributed by atoms with E-state index in [1.54, 1.807) is 12.3 Å². The number of carbonyl (C=O) groups excluding carboxylic acids is 2. The number of rotatable bonds is 7. The van der Waals surface area contributed by atoms with Gasteiger partial charge < -0.3 is 18.9 Å². The van der Waals surface area contributed by atoms with Crippen molar-refractivity contribution in [2.45, 2.75) is 20.0 Å². The summed E-state index contributed by atoms with van der Waals surface area (Å²) in [6, 6.07) is 9.39. The second kappa shape index (κ2) is 8.85. The fourth-order valence-corrected chi connectivity index (χ4v) is 6.16. The van der Waals surface area contributed by atoms with E-state index in [4.69, 9.17) is 18.9 Å². The van der Waals surface area contributed by atoms with Crippen molar-refractivity contribution in [2.75, 3.05) is 13.4 Å². The molecule has 180 valence electrons. The molecule has 4 aliphatic rings. The van der Waals surface area contributed by atoms with Crippen molar-refractivity contribution in [1.29, 1.82) is 0 Å². The van der Waals surface area contributed by atoms with Crippen LogP contribution in [0.4, 0.5) is 0 Å². The van der Waals surface area contributed by atoms with Crippen molar-refractivity contribution in [3.63, 3.8) is 0 Å². The molecule has 0 aromatic heterocycles. The molecule has 4 atom stereocenters. The fraction of sp³-hybridized carbons (Fsp3) is 0.346. The van der Waals surface area contributed by atoms with Gasteiger partial charge in [0, 0.05) is 0 Å². The standard InChI is InChI=1S/C26H23IN2O6/c1-2-32-21-9-15(11-28-29-25(30)22-16-4-5-17(10-16)23(22)26(29)31)7-18(27)24(21)33-12-14-3-6-19-20(8-14)35-13-34-19/h3-9,11,16-17,22-23H,2,10,12-13H2,1H3/t16-,17-,22-,23+/m0/s1. The van der Waals surface area contributed by atoms with Gasteiger partial charge in [0.15, 0.2) is 23.0 Å². The van der Waals surface area contributed by atoms with Crippen LogP contribution < -0.4 is 18.9 Å². The Morgan fingerprint density at radius 2 is 1.80 bits per heavy atom. The highest BCUT2D eigenvalue weighted by Gasteiger charge is 2.59. The minimum Gasteiger partial charge on any atom is -0.490 e. The van der Waals surface area contributed by atoms with Crippen LogP contribution in [0.15, 0.2) is 47.6 Å². The molecule has 2 fully saturated rings. The van der Waals surface area contributed by atoms with E-state index in [1.165, 1.54) is 0 Å². The van der Waals surface area contributed by atoms with Gasteiger partial charge in [-0.1, -0.05) is 18.2 Å². The Bertz CT molecular complexity index is 1240. The number of fused-ring (bicyclic) bond motifs is 6. The summed E-state index contributed by atoms with van der Waals surface area (Å²) >= 11 is 2.19. The number of carbonyl (C=O) groups is 2. The van der Waals surface area contributed by atoms with E-state index in [0.29, 0.717) is 36.0 Å². The molecule has 2 heterocycles. The predicted octanol–water partition coefficient (Wildman–Crippen LogP) is 4.14. The Labute approximate surface area is 216 Å². The van der Waals surface area contributed by atoms with Crippen LogP contribution in [0.25, 0.3) is 0 Å². The van der Waals surface area contributed by atoms with E-state index in [-0.39, 0.29) is 42.3 Å². The number of hydrogen-bond donors (Lipinski definition) is 0. The first kappa shape index (κ1) is 22.4. The van der Waals surface area contributed by atoms with Gasteiger partial charge in [0.1, 0.15) is 6.61 Å². The van der Waals surface area contributed by atoms with Crippen molar-refractivity contribution in [2.24, 2.45) is 28.8 Å². The number of allylic oxidation sites excluding steroid dienone is 2. The Hall–Kier alpha value is -3.08. The van der Waals surface area contributed by atoms with E-state index in [0.717, 1.165) is 26.3 Å². The van der Waals surface area contributed by atoms with Gasteiger partial charge in [-0.15, -0.1) is 0 Å². The molecule has 0 N–H and O–H groups in total. The number of nitrogens with zero attached hydrogens (tertiary/aromatic N) is 2. The first-order chi connectivity index (χ1) is 17.0. The van der Waals surface area contributed by atoms with E-state index in [9.17, 15) is 9.59 Å². The van der Waals surface area contributed by atoms with Crippen LogP contribution in [-0.2, 0) is 16.2 Å². The highest BCUT2D eigenvalue weighted by atomic mass is 127. The van der Waals surface area contributed by atoms with Crippen LogP contribution in [0.2, 0.25) is 0 Å². The Morgan fingerprint density at radius 1 is 1.06 bits per heavy atom. The molecule has 0 spiro atoms.